The number of anilines is 1. The van der Waals surface area contributed by atoms with Crippen molar-refractivity contribution < 1.29 is 9.53 Å². The van der Waals surface area contributed by atoms with Gasteiger partial charge in [-0.15, -0.1) is 11.3 Å². The lowest BCUT2D eigenvalue weighted by Gasteiger charge is -2.16. The number of amides is 1. The second-order valence-electron chi connectivity index (χ2n) is 7.70. The van der Waals surface area contributed by atoms with Gasteiger partial charge in [0.05, 0.1) is 11.5 Å². The molecule has 3 heterocycles. The molecular formula is C19H24N4O2S. The van der Waals surface area contributed by atoms with Crippen LogP contribution in [0.1, 0.15) is 60.7 Å². The lowest BCUT2D eigenvalue weighted by atomic mass is 9.97. The van der Waals surface area contributed by atoms with Crippen LogP contribution in [0.15, 0.2) is 0 Å². The summed E-state index contributed by atoms with van der Waals surface area (Å²) >= 11 is 1.85. The third kappa shape index (κ3) is 2.97. The van der Waals surface area contributed by atoms with Crippen LogP contribution in [0.25, 0.3) is 10.2 Å². The minimum Gasteiger partial charge on any atom is -0.367 e. The number of nitrogens with one attached hydrogen (secondary N) is 1. The number of fused-ring (bicyclic) bond motifs is 3. The van der Waals surface area contributed by atoms with Crippen molar-refractivity contribution in [1.29, 1.82) is 0 Å². The maximum Gasteiger partial charge on any atom is 0.246 e. The van der Waals surface area contributed by atoms with Crippen LogP contribution in [0.2, 0.25) is 0 Å². The van der Waals surface area contributed by atoms with Gasteiger partial charge in [0.1, 0.15) is 22.6 Å². The number of rotatable bonds is 5. The third-order valence-electron chi connectivity index (χ3n) is 5.70. The van der Waals surface area contributed by atoms with E-state index < -0.39 is 6.10 Å². The van der Waals surface area contributed by atoms with Crippen molar-refractivity contribution in [3.63, 3.8) is 0 Å². The quantitative estimate of drug-likeness (QED) is 0.842. The van der Waals surface area contributed by atoms with Gasteiger partial charge >= 0.3 is 0 Å². The van der Waals surface area contributed by atoms with Crippen molar-refractivity contribution in [1.82, 2.24) is 9.97 Å². The fourth-order valence-electron chi connectivity index (χ4n) is 4.10. The summed E-state index contributed by atoms with van der Waals surface area (Å²) in [6.07, 6.45) is 8.34. The van der Waals surface area contributed by atoms with E-state index >= 15 is 0 Å². The molecule has 2 aliphatic carbocycles. The van der Waals surface area contributed by atoms with Crippen molar-refractivity contribution >= 4 is 33.3 Å². The molecule has 1 amide bonds. The molecule has 0 aromatic carbocycles. The van der Waals surface area contributed by atoms with Crippen molar-refractivity contribution in [2.75, 3.05) is 11.9 Å². The minimum atomic E-state index is -0.442. The van der Waals surface area contributed by atoms with Gasteiger partial charge in [0.15, 0.2) is 0 Å². The maximum atomic E-state index is 11.3. The molecule has 0 radical (unpaired) electrons. The Morgan fingerprint density at radius 2 is 2.04 bits per heavy atom. The number of thiophene rings is 1. The molecule has 0 spiro atoms. The van der Waals surface area contributed by atoms with Gasteiger partial charge in [-0.3, -0.25) is 4.79 Å². The molecule has 7 heteroatoms. The average molecular weight is 372 g/mol. The predicted molar refractivity (Wildman–Crippen MR) is 102 cm³/mol. The molecule has 1 aliphatic heterocycles. The van der Waals surface area contributed by atoms with E-state index in [0.717, 1.165) is 29.3 Å². The van der Waals surface area contributed by atoms with E-state index in [1.165, 1.54) is 47.9 Å². The third-order valence-corrected chi connectivity index (χ3v) is 6.88. The Kier molecular flexibility index (Phi) is 4.09. The molecular weight excluding hydrogens is 348 g/mol. The molecule has 2 unspecified atom stereocenters. The molecule has 1 saturated carbocycles. The number of ether oxygens (including phenoxy) is 1. The number of carbonyl (C=O) groups is 1. The average Bonchev–Trinajstić information content (AvgIpc) is 3.26. The van der Waals surface area contributed by atoms with Crippen LogP contribution in [0, 0.1) is 0 Å². The van der Waals surface area contributed by atoms with E-state index in [0.29, 0.717) is 18.9 Å². The van der Waals surface area contributed by atoms with Crippen LogP contribution < -0.4 is 11.1 Å². The standard InChI is InChI=1S/C19H24N4O2S/c20-16(24)13-8-7-11(25-13)9-21-18-15-12-3-1-2-4-14(12)26-19(15)23-17(22-18)10-5-6-10/h10-11,13H,1-9H2,(H2,20,24)(H,21,22,23). The first-order chi connectivity index (χ1) is 12.7. The van der Waals surface area contributed by atoms with Crippen LogP contribution in [0.3, 0.4) is 0 Å². The summed E-state index contributed by atoms with van der Waals surface area (Å²) in [5, 5.41) is 4.75. The van der Waals surface area contributed by atoms with Crippen molar-refractivity contribution in [3.05, 3.63) is 16.3 Å². The number of primary amides is 1. The second kappa shape index (κ2) is 6.46. The first kappa shape index (κ1) is 16.4. The summed E-state index contributed by atoms with van der Waals surface area (Å²) in [5.41, 5.74) is 6.81. The summed E-state index contributed by atoms with van der Waals surface area (Å²) in [4.78, 5) is 23.7. The predicted octanol–water partition coefficient (Wildman–Crippen LogP) is 2.89. The number of nitrogens with zero attached hydrogens (tertiary/aromatic N) is 2. The molecule has 6 nitrogen and oxygen atoms in total. The van der Waals surface area contributed by atoms with Crippen LogP contribution in [-0.4, -0.2) is 34.6 Å². The van der Waals surface area contributed by atoms with Gasteiger partial charge in [-0.25, -0.2) is 9.97 Å². The molecule has 2 aromatic rings. The lowest BCUT2D eigenvalue weighted by molar-refractivity contribution is -0.128. The van der Waals surface area contributed by atoms with Gasteiger partial charge in [0, 0.05) is 17.3 Å². The van der Waals surface area contributed by atoms with Crippen LogP contribution in [-0.2, 0) is 22.4 Å². The van der Waals surface area contributed by atoms with Gasteiger partial charge in [-0.1, -0.05) is 0 Å². The monoisotopic (exact) mass is 372 g/mol. The fourth-order valence-corrected chi connectivity index (χ4v) is 5.37. The van der Waals surface area contributed by atoms with E-state index in [1.807, 2.05) is 11.3 Å². The zero-order valence-corrected chi connectivity index (χ0v) is 15.6. The highest BCUT2D eigenvalue weighted by Crippen LogP contribution is 2.43. The summed E-state index contributed by atoms with van der Waals surface area (Å²) in [6, 6.07) is 0. The zero-order valence-electron chi connectivity index (χ0n) is 14.8. The minimum absolute atomic E-state index is 0.0105. The highest BCUT2D eigenvalue weighted by atomic mass is 32.1. The molecule has 2 aromatic heterocycles. The Morgan fingerprint density at radius 3 is 2.81 bits per heavy atom. The number of aryl methyl sites for hydroxylation is 2. The zero-order chi connectivity index (χ0) is 17.7. The van der Waals surface area contributed by atoms with E-state index in [9.17, 15) is 4.79 Å². The number of carbonyl (C=O) groups excluding carboxylic acids is 1. The number of nitrogens with two attached hydrogens (primary N) is 1. The Morgan fingerprint density at radius 1 is 1.19 bits per heavy atom. The van der Waals surface area contributed by atoms with Gasteiger partial charge in [0.25, 0.3) is 0 Å². The maximum absolute atomic E-state index is 11.3. The SMILES string of the molecule is NC(=O)C1CCC(CNc2nc(C3CC3)nc3sc4c(c23)CCCC4)O1. The smallest absolute Gasteiger partial charge is 0.246 e. The molecule has 138 valence electrons. The summed E-state index contributed by atoms with van der Waals surface area (Å²) < 4.78 is 5.76. The van der Waals surface area contributed by atoms with Crippen molar-refractivity contribution in [2.24, 2.45) is 5.73 Å². The highest BCUT2D eigenvalue weighted by Gasteiger charge is 2.31. The molecule has 3 N–H and O–H groups in total. The second-order valence-corrected chi connectivity index (χ2v) is 8.79. The first-order valence-corrected chi connectivity index (χ1v) is 10.5. The van der Waals surface area contributed by atoms with E-state index in [1.54, 1.807) is 0 Å². The van der Waals surface area contributed by atoms with Crippen LogP contribution in [0.5, 0.6) is 0 Å². The van der Waals surface area contributed by atoms with Gasteiger partial charge < -0.3 is 15.8 Å². The summed E-state index contributed by atoms with van der Waals surface area (Å²) in [7, 11) is 0. The summed E-state index contributed by atoms with van der Waals surface area (Å²) in [6.45, 7) is 0.657. The fraction of sp³-hybridized carbons (Fsp3) is 0.632. The number of aromatic nitrogens is 2. The van der Waals surface area contributed by atoms with Crippen LogP contribution >= 0.6 is 11.3 Å². The molecule has 3 aliphatic rings. The lowest BCUT2D eigenvalue weighted by Crippen LogP contribution is -2.30. The molecule has 2 atom stereocenters. The number of hydrogen-bond acceptors (Lipinski definition) is 6. The van der Waals surface area contributed by atoms with E-state index in [-0.39, 0.29) is 12.0 Å². The Bertz CT molecular complexity index is 861. The number of hydrogen-bond donors (Lipinski definition) is 2. The Balaban J connectivity index is 1.44. The Labute approximate surface area is 156 Å². The van der Waals surface area contributed by atoms with Gasteiger partial charge in [-0.2, -0.15) is 0 Å². The van der Waals surface area contributed by atoms with Gasteiger partial charge in [-0.05, 0) is 56.9 Å². The van der Waals surface area contributed by atoms with Crippen molar-refractivity contribution in [3.8, 4) is 0 Å². The van der Waals surface area contributed by atoms with E-state index in [2.05, 4.69) is 5.32 Å². The van der Waals surface area contributed by atoms with E-state index in [4.69, 9.17) is 20.4 Å². The topological polar surface area (TPSA) is 90.1 Å². The molecule has 1 saturated heterocycles. The van der Waals surface area contributed by atoms with Crippen LogP contribution in [0.4, 0.5) is 5.82 Å². The van der Waals surface area contributed by atoms with Gasteiger partial charge in [0.2, 0.25) is 5.91 Å². The largest absolute Gasteiger partial charge is 0.367 e. The van der Waals surface area contributed by atoms with Crippen molar-refractivity contribution in [2.45, 2.75) is 69.5 Å². The molecule has 2 fully saturated rings. The molecule has 0 bridgehead atoms. The molecule has 5 rings (SSSR count). The summed E-state index contributed by atoms with van der Waals surface area (Å²) in [5.74, 6) is 2.12. The first-order valence-electron chi connectivity index (χ1n) is 9.70. The normalized spacial score (nSPS) is 25.4. The molecule has 26 heavy (non-hydrogen) atoms. The highest BCUT2D eigenvalue weighted by molar-refractivity contribution is 7.19. The Hall–Kier alpha value is -1.73.